The van der Waals surface area contributed by atoms with Crippen LogP contribution >= 0.6 is 0 Å². The van der Waals surface area contributed by atoms with Crippen molar-refractivity contribution >= 4 is 17.9 Å². The average Bonchev–Trinajstić information content (AvgIpc) is 3.46. The second-order valence-corrected chi connectivity index (χ2v) is 21.3. The molecule has 1 unspecified atom stereocenters. The summed E-state index contributed by atoms with van der Waals surface area (Å²) < 4.78 is 16.8. The molecule has 1 atom stereocenters. The number of carbonyl (C=O) groups excluding carboxylic acids is 3. The summed E-state index contributed by atoms with van der Waals surface area (Å²) in [5, 5.41) is 0. The predicted molar refractivity (Wildman–Crippen MR) is 348 cm³/mol. The Morgan fingerprint density at radius 1 is 0.263 bits per heavy atom. The zero-order valence-electron chi connectivity index (χ0n) is 51.8. The minimum atomic E-state index is -0.797. The Morgan fingerprint density at radius 2 is 0.487 bits per heavy atom. The quantitative estimate of drug-likeness (QED) is 0.0261. The Morgan fingerprint density at radius 3 is 0.775 bits per heavy atom. The van der Waals surface area contributed by atoms with Crippen molar-refractivity contribution in [1.29, 1.82) is 0 Å². The Labute approximate surface area is 493 Å². The number of carbonyl (C=O) groups is 3. The summed E-state index contributed by atoms with van der Waals surface area (Å²) in [6, 6.07) is 0. The minimum Gasteiger partial charge on any atom is -0.462 e. The number of rotatable bonds is 58. The lowest BCUT2D eigenvalue weighted by molar-refractivity contribution is -0.167. The number of unbranched alkanes of at least 4 members (excludes halogenated alkanes) is 23. The molecule has 0 aliphatic rings. The van der Waals surface area contributed by atoms with Gasteiger partial charge in [-0.15, -0.1) is 0 Å². The second-order valence-electron chi connectivity index (χ2n) is 21.3. The smallest absolute Gasteiger partial charge is 0.306 e. The fourth-order valence-electron chi connectivity index (χ4n) is 8.68. The van der Waals surface area contributed by atoms with E-state index in [0.717, 1.165) is 135 Å². The first-order valence-corrected chi connectivity index (χ1v) is 32.8. The van der Waals surface area contributed by atoms with Crippen molar-refractivity contribution in [2.24, 2.45) is 0 Å². The van der Waals surface area contributed by atoms with E-state index in [9.17, 15) is 14.4 Å². The summed E-state index contributed by atoms with van der Waals surface area (Å²) in [7, 11) is 0. The SMILES string of the molecule is CC/C=C\C/C=C\C/C=C\C/C=C\C/C=C\C/C=C\C/C=C\C/C=C\C/C=C\CCCCCC(=O)OCC(COC(=O)CCCCCCCC)OC(=O)CCCCCCCCCCCC/C=C\C/C=C\C/C=C\CCCCCCC. The molecule has 0 aromatic heterocycles. The topological polar surface area (TPSA) is 78.9 Å². The van der Waals surface area contributed by atoms with Crippen LogP contribution in [0.4, 0.5) is 0 Å². The fourth-order valence-corrected chi connectivity index (χ4v) is 8.68. The van der Waals surface area contributed by atoms with Crippen LogP contribution in [0.3, 0.4) is 0 Å². The van der Waals surface area contributed by atoms with E-state index in [4.69, 9.17) is 14.2 Å². The van der Waals surface area contributed by atoms with Crippen molar-refractivity contribution in [3.63, 3.8) is 0 Å². The van der Waals surface area contributed by atoms with E-state index in [1.165, 1.54) is 109 Å². The van der Waals surface area contributed by atoms with E-state index in [1.54, 1.807) is 0 Å². The molecule has 0 bridgehead atoms. The lowest BCUT2D eigenvalue weighted by Gasteiger charge is -2.18. The highest BCUT2D eigenvalue weighted by molar-refractivity contribution is 5.71. The molecule has 0 aliphatic carbocycles. The van der Waals surface area contributed by atoms with Gasteiger partial charge in [0.15, 0.2) is 6.10 Å². The van der Waals surface area contributed by atoms with Crippen molar-refractivity contribution in [2.75, 3.05) is 13.2 Å². The lowest BCUT2D eigenvalue weighted by Crippen LogP contribution is -2.30. The molecule has 0 heterocycles. The Balaban J connectivity index is 4.21. The first kappa shape index (κ1) is 75.3. The predicted octanol–water partition coefficient (Wildman–Crippen LogP) is 22.7. The highest BCUT2D eigenvalue weighted by Crippen LogP contribution is 2.15. The van der Waals surface area contributed by atoms with Crippen molar-refractivity contribution < 1.29 is 28.6 Å². The van der Waals surface area contributed by atoms with Crippen molar-refractivity contribution in [3.8, 4) is 0 Å². The van der Waals surface area contributed by atoms with Crippen LogP contribution < -0.4 is 0 Å². The van der Waals surface area contributed by atoms with Crippen LogP contribution in [0.25, 0.3) is 0 Å². The number of hydrogen-bond donors (Lipinski definition) is 0. The summed E-state index contributed by atoms with van der Waals surface area (Å²) in [4.78, 5) is 38.0. The monoisotopic (exact) mass is 1100 g/mol. The van der Waals surface area contributed by atoms with Gasteiger partial charge in [0, 0.05) is 19.3 Å². The van der Waals surface area contributed by atoms with Crippen molar-refractivity contribution in [3.05, 3.63) is 146 Å². The molecule has 0 fully saturated rings. The van der Waals surface area contributed by atoms with Gasteiger partial charge in [0.2, 0.25) is 0 Å². The van der Waals surface area contributed by atoms with E-state index < -0.39 is 6.10 Å². The fraction of sp³-hybridized carbons (Fsp3) is 0.635. The number of ether oxygens (including phenoxy) is 3. The number of allylic oxidation sites excluding steroid dienone is 24. The summed E-state index contributed by atoms with van der Waals surface area (Å²) in [6.07, 6.45) is 96.0. The standard InChI is InChI=1S/C74H120O6/c1-4-7-10-13-16-18-20-22-24-26-28-30-32-34-35-36-37-38-39-41-42-44-46-48-50-52-54-56-58-61-64-67-73(76)79-70-71(69-78-72(75)66-63-60-15-12-9-6-3)80-74(77)68-65-62-59-57-55-53-51-49-47-45-43-40-33-31-29-27-25-23-21-19-17-14-11-8-5-2/h7,10,16,18,21-24,27-30,33-35,37-38,40-42,46,48,52,54,71H,4-6,8-9,11-15,17,19-20,25-26,31-32,36,39,43-45,47,49-51,53,55-70H2,1-3H3/b10-7-,18-16-,23-21-,24-22-,29-27-,30-28-,35-34-,38-37-,40-33-,42-41-,48-46-,54-52-. The molecule has 0 amide bonds. The normalized spacial score (nSPS) is 13.1. The van der Waals surface area contributed by atoms with Gasteiger partial charge in [0.05, 0.1) is 0 Å². The van der Waals surface area contributed by atoms with Crippen LogP contribution in [-0.4, -0.2) is 37.2 Å². The van der Waals surface area contributed by atoms with Gasteiger partial charge in [-0.1, -0.05) is 282 Å². The number of esters is 3. The molecule has 0 aromatic carbocycles. The Hall–Kier alpha value is -4.71. The maximum absolute atomic E-state index is 12.9. The molecule has 80 heavy (non-hydrogen) atoms. The van der Waals surface area contributed by atoms with Gasteiger partial charge in [0.25, 0.3) is 0 Å². The first-order valence-electron chi connectivity index (χ1n) is 32.8. The molecule has 6 nitrogen and oxygen atoms in total. The third-order valence-electron chi connectivity index (χ3n) is 13.6. The summed E-state index contributed by atoms with van der Waals surface area (Å²) >= 11 is 0. The Bertz CT molecular complexity index is 1750. The average molecular weight is 1110 g/mol. The highest BCUT2D eigenvalue weighted by atomic mass is 16.6. The molecule has 0 saturated carbocycles. The zero-order valence-corrected chi connectivity index (χ0v) is 51.8. The highest BCUT2D eigenvalue weighted by Gasteiger charge is 2.19. The molecule has 0 aromatic rings. The van der Waals surface area contributed by atoms with Crippen LogP contribution in [0.1, 0.15) is 284 Å². The van der Waals surface area contributed by atoms with Gasteiger partial charge in [-0.3, -0.25) is 14.4 Å². The van der Waals surface area contributed by atoms with Crippen LogP contribution in [0, 0.1) is 0 Å². The molecule has 0 N–H and O–H groups in total. The summed E-state index contributed by atoms with van der Waals surface area (Å²) in [5.74, 6) is -0.943. The molecule has 0 rings (SSSR count). The van der Waals surface area contributed by atoms with Crippen LogP contribution in [-0.2, 0) is 28.6 Å². The van der Waals surface area contributed by atoms with Crippen molar-refractivity contribution in [1.82, 2.24) is 0 Å². The third-order valence-corrected chi connectivity index (χ3v) is 13.6. The molecule has 0 saturated heterocycles. The molecule has 452 valence electrons. The van der Waals surface area contributed by atoms with Crippen molar-refractivity contribution in [2.45, 2.75) is 290 Å². The van der Waals surface area contributed by atoms with Crippen LogP contribution in [0.15, 0.2) is 146 Å². The zero-order chi connectivity index (χ0) is 57.8. The second kappa shape index (κ2) is 66.8. The molecule has 0 radical (unpaired) electrons. The third kappa shape index (κ3) is 64.1. The first-order chi connectivity index (χ1) is 39.5. The van der Waals surface area contributed by atoms with Gasteiger partial charge in [0.1, 0.15) is 13.2 Å². The van der Waals surface area contributed by atoms with E-state index in [0.29, 0.717) is 19.3 Å². The van der Waals surface area contributed by atoms with E-state index in [2.05, 4.69) is 167 Å². The molecule has 6 heteroatoms. The van der Waals surface area contributed by atoms with Gasteiger partial charge in [-0.25, -0.2) is 0 Å². The van der Waals surface area contributed by atoms with Crippen LogP contribution in [0.2, 0.25) is 0 Å². The van der Waals surface area contributed by atoms with Gasteiger partial charge >= 0.3 is 17.9 Å². The maximum atomic E-state index is 12.9. The maximum Gasteiger partial charge on any atom is 0.306 e. The molecule has 0 aliphatic heterocycles. The van der Waals surface area contributed by atoms with E-state index in [1.807, 2.05) is 0 Å². The molecular weight excluding hydrogens is 985 g/mol. The minimum absolute atomic E-state index is 0.0943. The number of hydrogen-bond acceptors (Lipinski definition) is 6. The largest absolute Gasteiger partial charge is 0.462 e. The van der Waals surface area contributed by atoms with E-state index >= 15 is 0 Å². The van der Waals surface area contributed by atoms with Gasteiger partial charge in [-0.2, -0.15) is 0 Å². The van der Waals surface area contributed by atoms with E-state index in [-0.39, 0.29) is 31.1 Å². The summed E-state index contributed by atoms with van der Waals surface area (Å²) in [5.41, 5.74) is 0. The molecule has 0 spiro atoms. The summed E-state index contributed by atoms with van der Waals surface area (Å²) in [6.45, 7) is 6.42. The Kier molecular flexibility index (Phi) is 62.9. The molecular formula is C74H120O6. The van der Waals surface area contributed by atoms with Gasteiger partial charge in [-0.05, 0) is 128 Å². The van der Waals surface area contributed by atoms with Gasteiger partial charge < -0.3 is 14.2 Å². The lowest BCUT2D eigenvalue weighted by atomic mass is 10.0. The van der Waals surface area contributed by atoms with Crippen LogP contribution in [0.5, 0.6) is 0 Å².